The van der Waals surface area contributed by atoms with Gasteiger partial charge in [0.1, 0.15) is 0 Å². The number of hydrogen-bond donors (Lipinski definition) is 0. The number of aryl methyl sites for hydroxylation is 2. The molecular formula is C23H33N3O3S. The van der Waals surface area contributed by atoms with Gasteiger partial charge in [-0.1, -0.05) is 18.2 Å². The average molecular weight is 432 g/mol. The number of benzene rings is 1. The van der Waals surface area contributed by atoms with Crippen LogP contribution >= 0.6 is 0 Å². The van der Waals surface area contributed by atoms with Crippen LogP contribution in [0.5, 0.6) is 0 Å². The van der Waals surface area contributed by atoms with E-state index in [1.54, 1.807) is 12.1 Å². The lowest BCUT2D eigenvalue weighted by Crippen LogP contribution is -2.49. The first-order valence-corrected chi connectivity index (χ1v) is 11.9. The predicted octanol–water partition coefficient (Wildman–Crippen LogP) is 3.36. The van der Waals surface area contributed by atoms with Gasteiger partial charge in [0.2, 0.25) is 10.0 Å². The van der Waals surface area contributed by atoms with Crippen LogP contribution in [0.3, 0.4) is 0 Å². The van der Waals surface area contributed by atoms with Crippen LogP contribution in [0.25, 0.3) is 0 Å². The Morgan fingerprint density at radius 3 is 2.13 bits per heavy atom. The van der Waals surface area contributed by atoms with Crippen LogP contribution in [0.4, 0.5) is 0 Å². The molecule has 1 aliphatic rings. The first-order valence-electron chi connectivity index (χ1n) is 10.4. The molecule has 0 saturated carbocycles. The lowest BCUT2D eigenvalue weighted by atomic mass is 10.1. The number of Topliss-reactive ketones (excluding diaryl/α,β-unsaturated/α-hetero) is 1. The molecule has 2 aromatic rings. The van der Waals surface area contributed by atoms with E-state index in [1.165, 1.54) is 4.31 Å². The van der Waals surface area contributed by atoms with Crippen molar-refractivity contribution >= 4 is 15.8 Å². The molecule has 0 spiro atoms. The van der Waals surface area contributed by atoms with Gasteiger partial charge < -0.3 is 4.57 Å². The summed E-state index contributed by atoms with van der Waals surface area (Å²) in [4.78, 5) is 15.4. The van der Waals surface area contributed by atoms with Crippen molar-refractivity contribution in [2.75, 3.05) is 32.7 Å². The molecule has 0 atom stereocenters. The summed E-state index contributed by atoms with van der Waals surface area (Å²) in [5.41, 5.74) is 3.51. The summed E-state index contributed by atoms with van der Waals surface area (Å²) in [6.45, 7) is 14.4. The fourth-order valence-corrected chi connectivity index (χ4v) is 6.13. The van der Waals surface area contributed by atoms with Crippen molar-refractivity contribution in [3.05, 3.63) is 52.8 Å². The molecule has 7 heteroatoms. The topological polar surface area (TPSA) is 62.6 Å². The molecule has 1 fully saturated rings. The lowest BCUT2D eigenvalue weighted by molar-refractivity contribution is 0.0901. The number of nitrogens with zero attached hydrogens (tertiary/aromatic N) is 3. The zero-order valence-electron chi connectivity index (χ0n) is 18.9. The fraction of sp³-hybridized carbons (Fsp3) is 0.522. The van der Waals surface area contributed by atoms with Crippen LogP contribution in [0.15, 0.2) is 35.2 Å². The van der Waals surface area contributed by atoms with Gasteiger partial charge >= 0.3 is 0 Å². The van der Waals surface area contributed by atoms with Gasteiger partial charge in [-0.05, 0) is 59.2 Å². The summed E-state index contributed by atoms with van der Waals surface area (Å²) in [7, 11) is -3.50. The highest BCUT2D eigenvalue weighted by molar-refractivity contribution is 7.89. The number of hydrogen-bond acceptors (Lipinski definition) is 4. The third-order valence-corrected chi connectivity index (χ3v) is 7.87. The minimum absolute atomic E-state index is 0.0811. The molecule has 1 aliphatic heterocycles. The number of sulfonamides is 1. The summed E-state index contributed by atoms with van der Waals surface area (Å²) < 4.78 is 29.7. The second-order valence-corrected chi connectivity index (χ2v) is 11.1. The van der Waals surface area contributed by atoms with Gasteiger partial charge in [0, 0.05) is 48.7 Å². The molecule has 2 heterocycles. The second-order valence-electron chi connectivity index (χ2n) is 9.16. The Kier molecular flexibility index (Phi) is 6.28. The first-order chi connectivity index (χ1) is 13.9. The van der Waals surface area contributed by atoms with Gasteiger partial charge in [0.05, 0.1) is 11.4 Å². The minimum Gasteiger partial charge on any atom is -0.343 e. The standard InChI is InChI=1S/C23H33N3O3S/c1-17-9-7-8-10-22(17)30(28,29)25-13-11-24(12-14-25)16-21(27)20-15-18(2)26(19(20)3)23(4,5)6/h7-10,15H,11-14,16H2,1-6H3. The normalized spacial score (nSPS) is 16.7. The molecule has 0 radical (unpaired) electrons. The molecule has 0 amide bonds. The number of ketones is 1. The van der Waals surface area contributed by atoms with Crippen LogP contribution in [-0.4, -0.2) is 60.7 Å². The smallest absolute Gasteiger partial charge is 0.243 e. The molecule has 164 valence electrons. The highest BCUT2D eigenvalue weighted by Gasteiger charge is 2.30. The predicted molar refractivity (Wildman–Crippen MR) is 120 cm³/mol. The van der Waals surface area contributed by atoms with Gasteiger partial charge in [-0.15, -0.1) is 0 Å². The third kappa shape index (κ3) is 4.38. The minimum atomic E-state index is -3.50. The van der Waals surface area contributed by atoms with Crippen molar-refractivity contribution in [1.82, 2.24) is 13.8 Å². The van der Waals surface area contributed by atoms with Crippen LogP contribution < -0.4 is 0 Å². The van der Waals surface area contributed by atoms with E-state index >= 15 is 0 Å². The van der Waals surface area contributed by atoms with Crippen LogP contribution in [-0.2, 0) is 15.6 Å². The Morgan fingerprint density at radius 1 is 1.00 bits per heavy atom. The summed E-state index contributed by atoms with van der Waals surface area (Å²) in [5, 5.41) is 0. The molecule has 1 saturated heterocycles. The molecule has 0 aliphatic carbocycles. The molecule has 1 aromatic carbocycles. The van der Waals surface area contributed by atoms with Crippen molar-refractivity contribution in [2.45, 2.75) is 52.0 Å². The van der Waals surface area contributed by atoms with Gasteiger partial charge in [-0.3, -0.25) is 9.69 Å². The Bertz CT molecular complexity index is 1040. The highest BCUT2D eigenvalue weighted by Crippen LogP contribution is 2.25. The zero-order chi connectivity index (χ0) is 22.3. The van der Waals surface area contributed by atoms with Crippen molar-refractivity contribution < 1.29 is 13.2 Å². The van der Waals surface area contributed by atoms with E-state index in [9.17, 15) is 13.2 Å². The summed E-state index contributed by atoms with van der Waals surface area (Å²) in [6.07, 6.45) is 0. The maximum Gasteiger partial charge on any atom is 0.243 e. The van der Waals surface area contributed by atoms with E-state index in [1.807, 2.05) is 39.0 Å². The SMILES string of the molecule is Cc1ccccc1S(=O)(=O)N1CCN(CC(=O)c2cc(C)n(C(C)(C)C)c2C)CC1. The Labute approximate surface area is 180 Å². The molecule has 3 rings (SSSR count). The number of piperazine rings is 1. The van der Waals surface area contributed by atoms with E-state index < -0.39 is 10.0 Å². The molecular weight excluding hydrogens is 398 g/mol. The van der Waals surface area contributed by atoms with E-state index in [0.29, 0.717) is 37.6 Å². The molecule has 1 aromatic heterocycles. The Hall–Kier alpha value is -1.96. The molecule has 6 nitrogen and oxygen atoms in total. The first kappa shape index (κ1) is 22.7. The van der Waals surface area contributed by atoms with Gasteiger partial charge in [-0.25, -0.2) is 8.42 Å². The van der Waals surface area contributed by atoms with Gasteiger partial charge in [0.15, 0.2) is 5.78 Å². The van der Waals surface area contributed by atoms with E-state index in [4.69, 9.17) is 0 Å². The maximum absolute atomic E-state index is 13.0. The summed E-state index contributed by atoms with van der Waals surface area (Å²) in [6, 6.07) is 9.04. The van der Waals surface area contributed by atoms with Crippen LogP contribution in [0, 0.1) is 20.8 Å². The molecule has 0 bridgehead atoms. The summed E-state index contributed by atoms with van der Waals surface area (Å²) >= 11 is 0. The van der Waals surface area contributed by atoms with Crippen molar-refractivity contribution in [1.29, 1.82) is 0 Å². The van der Waals surface area contributed by atoms with Crippen LogP contribution in [0.1, 0.15) is 48.1 Å². The lowest BCUT2D eigenvalue weighted by Gasteiger charge is -2.33. The number of aromatic nitrogens is 1. The second kappa shape index (κ2) is 8.29. The molecule has 0 unspecified atom stereocenters. The van der Waals surface area contributed by atoms with Crippen molar-refractivity contribution in [2.24, 2.45) is 0 Å². The highest BCUT2D eigenvalue weighted by atomic mass is 32.2. The summed E-state index contributed by atoms with van der Waals surface area (Å²) in [5.74, 6) is 0.0915. The number of rotatable bonds is 5. The van der Waals surface area contributed by atoms with Crippen molar-refractivity contribution in [3.8, 4) is 0 Å². The van der Waals surface area contributed by atoms with Gasteiger partial charge in [-0.2, -0.15) is 4.31 Å². The Morgan fingerprint density at radius 2 is 1.60 bits per heavy atom. The molecule has 0 N–H and O–H groups in total. The maximum atomic E-state index is 13.0. The number of carbonyl (C=O) groups excluding carboxylic acids is 1. The third-order valence-electron chi connectivity index (χ3n) is 5.81. The zero-order valence-corrected chi connectivity index (χ0v) is 19.7. The van der Waals surface area contributed by atoms with Crippen molar-refractivity contribution in [3.63, 3.8) is 0 Å². The van der Waals surface area contributed by atoms with E-state index in [0.717, 1.165) is 22.5 Å². The largest absolute Gasteiger partial charge is 0.343 e. The van der Waals surface area contributed by atoms with Crippen LogP contribution in [0.2, 0.25) is 0 Å². The monoisotopic (exact) mass is 431 g/mol. The van der Waals surface area contributed by atoms with E-state index in [-0.39, 0.29) is 11.3 Å². The average Bonchev–Trinajstić information content (AvgIpc) is 2.97. The fourth-order valence-electron chi connectivity index (χ4n) is 4.48. The van der Waals surface area contributed by atoms with Gasteiger partial charge in [0.25, 0.3) is 0 Å². The number of carbonyl (C=O) groups is 1. The quantitative estimate of drug-likeness (QED) is 0.681. The molecule has 30 heavy (non-hydrogen) atoms. The van der Waals surface area contributed by atoms with E-state index in [2.05, 4.69) is 30.2 Å². The Balaban J connectivity index is 1.67.